The molecule has 0 aromatic heterocycles. The Morgan fingerprint density at radius 2 is 1.87 bits per heavy atom. The molecule has 166 valence electrons. The van der Waals surface area contributed by atoms with Gasteiger partial charge in [0, 0.05) is 17.1 Å². The molecule has 2 amide bonds. The summed E-state index contributed by atoms with van der Waals surface area (Å²) in [5.41, 5.74) is 3.24. The SMILES string of the molecule is Cc1ccc(OCC(=O)N(Cc2cccc(Br)c2)C(C)C(=O)NC2CCCC2)cc1C. The van der Waals surface area contributed by atoms with E-state index in [1.807, 2.05) is 56.3 Å². The second-order valence-corrected chi connectivity index (χ2v) is 9.27. The first-order valence-corrected chi connectivity index (χ1v) is 11.7. The summed E-state index contributed by atoms with van der Waals surface area (Å²) in [7, 11) is 0. The van der Waals surface area contributed by atoms with Gasteiger partial charge in [0.05, 0.1) is 0 Å². The molecule has 0 spiro atoms. The Kier molecular flexibility index (Phi) is 8.13. The van der Waals surface area contributed by atoms with Gasteiger partial charge in [-0.3, -0.25) is 9.59 Å². The van der Waals surface area contributed by atoms with Crippen LogP contribution in [0.15, 0.2) is 46.9 Å². The van der Waals surface area contributed by atoms with Crippen LogP contribution in [0.5, 0.6) is 5.75 Å². The molecule has 0 radical (unpaired) electrons. The Morgan fingerprint density at radius 1 is 1.13 bits per heavy atom. The van der Waals surface area contributed by atoms with E-state index in [1.54, 1.807) is 11.8 Å². The van der Waals surface area contributed by atoms with E-state index in [0.29, 0.717) is 12.3 Å². The predicted molar refractivity (Wildman–Crippen MR) is 126 cm³/mol. The molecule has 0 aliphatic heterocycles. The number of aryl methyl sites for hydroxylation is 2. The maximum absolute atomic E-state index is 13.2. The van der Waals surface area contributed by atoms with Crippen LogP contribution in [0.25, 0.3) is 0 Å². The zero-order chi connectivity index (χ0) is 22.4. The van der Waals surface area contributed by atoms with Gasteiger partial charge in [0.2, 0.25) is 5.91 Å². The number of benzene rings is 2. The topological polar surface area (TPSA) is 58.6 Å². The van der Waals surface area contributed by atoms with E-state index in [1.165, 1.54) is 5.56 Å². The number of halogens is 1. The van der Waals surface area contributed by atoms with Crippen molar-refractivity contribution in [3.63, 3.8) is 0 Å². The van der Waals surface area contributed by atoms with Crippen LogP contribution in [0.3, 0.4) is 0 Å². The maximum Gasteiger partial charge on any atom is 0.261 e. The van der Waals surface area contributed by atoms with Crippen LogP contribution < -0.4 is 10.1 Å². The summed E-state index contributed by atoms with van der Waals surface area (Å²) in [4.78, 5) is 27.7. The molecule has 5 nitrogen and oxygen atoms in total. The van der Waals surface area contributed by atoms with Gasteiger partial charge in [-0.2, -0.15) is 0 Å². The van der Waals surface area contributed by atoms with Crippen molar-refractivity contribution in [1.29, 1.82) is 0 Å². The van der Waals surface area contributed by atoms with Gasteiger partial charge in [-0.15, -0.1) is 0 Å². The Hall–Kier alpha value is -2.34. The lowest BCUT2D eigenvalue weighted by atomic mass is 10.1. The molecule has 1 aliphatic carbocycles. The molecule has 2 aromatic carbocycles. The Bertz CT molecular complexity index is 925. The number of hydrogen-bond donors (Lipinski definition) is 1. The van der Waals surface area contributed by atoms with Crippen molar-refractivity contribution in [2.24, 2.45) is 0 Å². The molecule has 0 saturated heterocycles. The Labute approximate surface area is 193 Å². The largest absolute Gasteiger partial charge is 0.484 e. The molecule has 0 heterocycles. The minimum absolute atomic E-state index is 0.110. The van der Waals surface area contributed by atoms with Crippen molar-refractivity contribution in [3.8, 4) is 5.75 Å². The fraction of sp³-hybridized carbons (Fsp3) is 0.440. The fourth-order valence-electron chi connectivity index (χ4n) is 3.84. The maximum atomic E-state index is 13.2. The van der Waals surface area contributed by atoms with Crippen molar-refractivity contribution < 1.29 is 14.3 Å². The first-order chi connectivity index (χ1) is 14.8. The second-order valence-electron chi connectivity index (χ2n) is 8.35. The van der Waals surface area contributed by atoms with Crippen molar-refractivity contribution in [2.75, 3.05) is 6.61 Å². The van der Waals surface area contributed by atoms with Gasteiger partial charge < -0.3 is 15.0 Å². The van der Waals surface area contributed by atoms with Crippen LogP contribution in [0, 0.1) is 13.8 Å². The van der Waals surface area contributed by atoms with Gasteiger partial charge in [0.15, 0.2) is 6.61 Å². The summed E-state index contributed by atoms with van der Waals surface area (Å²) < 4.78 is 6.71. The molecule has 3 rings (SSSR count). The number of nitrogens with one attached hydrogen (secondary N) is 1. The summed E-state index contributed by atoms with van der Waals surface area (Å²) in [6, 6.07) is 13.2. The molecule has 0 bridgehead atoms. The van der Waals surface area contributed by atoms with E-state index in [4.69, 9.17) is 4.74 Å². The second kappa shape index (κ2) is 10.8. The van der Waals surface area contributed by atoms with Crippen LogP contribution in [-0.2, 0) is 16.1 Å². The lowest BCUT2D eigenvalue weighted by Crippen LogP contribution is -2.50. The highest BCUT2D eigenvalue weighted by Crippen LogP contribution is 2.20. The molecule has 1 atom stereocenters. The third kappa shape index (κ3) is 6.57. The fourth-order valence-corrected chi connectivity index (χ4v) is 4.28. The van der Waals surface area contributed by atoms with Crippen molar-refractivity contribution in [2.45, 2.75) is 65.1 Å². The highest BCUT2D eigenvalue weighted by molar-refractivity contribution is 9.10. The summed E-state index contributed by atoms with van der Waals surface area (Å²) in [6.07, 6.45) is 4.30. The summed E-state index contributed by atoms with van der Waals surface area (Å²) in [5.74, 6) is 0.329. The van der Waals surface area contributed by atoms with Crippen LogP contribution in [-0.4, -0.2) is 35.4 Å². The number of amides is 2. The molecule has 1 unspecified atom stereocenters. The Morgan fingerprint density at radius 3 is 2.55 bits per heavy atom. The highest BCUT2D eigenvalue weighted by Gasteiger charge is 2.28. The van der Waals surface area contributed by atoms with Gasteiger partial charge in [0.1, 0.15) is 11.8 Å². The monoisotopic (exact) mass is 486 g/mol. The minimum atomic E-state index is -0.588. The first kappa shape index (κ1) is 23.3. The van der Waals surface area contributed by atoms with E-state index < -0.39 is 6.04 Å². The van der Waals surface area contributed by atoms with Gasteiger partial charge in [-0.1, -0.05) is 47.0 Å². The summed E-state index contributed by atoms with van der Waals surface area (Å²) >= 11 is 3.48. The van der Waals surface area contributed by atoms with Crippen molar-refractivity contribution in [3.05, 3.63) is 63.6 Å². The summed E-state index contributed by atoms with van der Waals surface area (Å²) in [5, 5.41) is 3.12. The molecule has 1 saturated carbocycles. The van der Waals surface area contributed by atoms with Crippen LogP contribution in [0.2, 0.25) is 0 Å². The normalized spacial score (nSPS) is 14.8. The smallest absolute Gasteiger partial charge is 0.261 e. The third-order valence-corrected chi connectivity index (χ3v) is 6.44. The highest BCUT2D eigenvalue weighted by atomic mass is 79.9. The van der Waals surface area contributed by atoms with Crippen molar-refractivity contribution in [1.82, 2.24) is 10.2 Å². The average Bonchev–Trinajstić information content (AvgIpc) is 3.25. The molecular weight excluding hydrogens is 456 g/mol. The third-order valence-electron chi connectivity index (χ3n) is 5.95. The molecule has 1 N–H and O–H groups in total. The molecule has 2 aromatic rings. The van der Waals surface area contributed by atoms with E-state index in [2.05, 4.69) is 21.2 Å². The first-order valence-electron chi connectivity index (χ1n) is 10.9. The molecule has 31 heavy (non-hydrogen) atoms. The quantitative estimate of drug-likeness (QED) is 0.575. The van der Waals surface area contributed by atoms with Crippen LogP contribution in [0.4, 0.5) is 0 Å². The number of hydrogen-bond acceptors (Lipinski definition) is 3. The van der Waals surface area contributed by atoms with E-state index in [9.17, 15) is 9.59 Å². The molecule has 6 heteroatoms. The number of rotatable bonds is 8. The average molecular weight is 487 g/mol. The predicted octanol–water partition coefficient (Wildman–Crippen LogP) is 4.92. The van der Waals surface area contributed by atoms with E-state index >= 15 is 0 Å². The number of carbonyl (C=O) groups is 2. The van der Waals surface area contributed by atoms with Gasteiger partial charge in [0.25, 0.3) is 5.91 Å². The molecular formula is C25H31BrN2O3. The van der Waals surface area contributed by atoms with Gasteiger partial charge >= 0.3 is 0 Å². The van der Waals surface area contributed by atoms with E-state index in [0.717, 1.165) is 41.3 Å². The van der Waals surface area contributed by atoms with Gasteiger partial charge in [-0.05, 0) is 74.6 Å². The number of nitrogens with zero attached hydrogens (tertiary/aromatic N) is 1. The Balaban J connectivity index is 1.72. The minimum Gasteiger partial charge on any atom is -0.484 e. The molecule has 1 aliphatic rings. The lowest BCUT2D eigenvalue weighted by Gasteiger charge is -2.29. The number of ether oxygens (including phenoxy) is 1. The van der Waals surface area contributed by atoms with Crippen LogP contribution in [0.1, 0.15) is 49.3 Å². The van der Waals surface area contributed by atoms with Crippen molar-refractivity contribution >= 4 is 27.7 Å². The molecule has 1 fully saturated rings. The van der Waals surface area contributed by atoms with Gasteiger partial charge in [-0.25, -0.2) is 0 Å². The zero-order valence-electron chi connectivity index (χ0n) is 18.5. The number of carbonyl (C=O) groups excluding carboxylic acids is 2. The van der Waals surface area contributed by atoms with Crippen LogP contribution >= 0.6 is 15.9 Å². The standard InChI is InChI=1S/C25H31BrN2O3/c1-17-11-12-23(13-18(17)2)31-16-24(29)28(15-20-7-6-8-21(26)14-20)19(3)25(30)27-22-9-4-5-10-22/h6-8,11-14,19,22H,4-5,9-10,15-16H2,1-3H3,(H,27,30). The lowest BCUT2D eigenvalue weighted by molar-refractivity contribution is -0.142. The van der Waals surface area contributed by atoms with E-state index in [-0.39, 0.29) is 24.5 Å². The zero-order valence-corrected chi connectivity index (χ0v) is 20.1. The summed E-state index contributed by atoms with van der Waals surface area (Å²) in [6.45, 7) is 6.06.